The molecule has 2 aromatic carbocycles. The molecule has 3 rings (SSSR count). The van der Waals surface area contributed by atoms with E-state index in [0.717, 1.165) is 35.7 Å². The van der Waals surface area contributed by atoms with E-state index in [1.807, 2.05) is 71.0 Å². The first kappa shape index (κ1) is 30.6. The molecule has 3 amide bonds. The van der Waals surface area contributed by atoms with Crippen LogP contribution in [0.2, 0.25) is 0 Å². The molecule has 1 saturated heterocycles. The van der Waals surface area contributed by atoms with Crippen molar-refractivity contribution < 1.29 is 19.1 Å². The Morgan fingerprint density at radius 3 is 2.44 bits per heavy atom. The lowest BCUT2D eigenvalue weighted by Gasteiger charge is -2.31. The number of hydrogen-bond donors (Lipinski definition) is 3. The van der Waals surface area contributed by atoms with Crippen LogP contribution in [0.5, 0.6) is 0 Å². The Hall–Kier alpha value is -2.97. The van der Waals surface area contributed by atoms with Crippen LogP contribution in [0.4, 0.5) is 0 Å². The largest absolute Gasteiger partial charge is 0.377 e. The van der Waals surface area contributed by atoms with Gasteiger partial charge in [-0.2, -0.15) is 0 Å². The summed E-state index contributed by atoms with van der Waals surface area (Å²) in [7, 11) is 1.69. The molecule has 1 fully saturated rings. The molecule has 8 nitrogen and oxygen atoms in total. The Bertz CT molecular complexity index is 1140. The lowest BCUT2D eigenvalue weighted by atomic mass is 9.94. The number of hydrogen-bond acceptors (Lipinski definition) is 5. The van der Waals surface area contributed by atoms with Crippen LogP contribution in [-0.2, 0) is 25.5 Å². The maximum atomic E-state index is 13.4. The van der Waals surface area contributed by atoms with Crippen molar-refractivity contribution in [1.29, 1.82) is 0 Å². The van der Waals surface area contributed by atoms with Crippen molar-refractivity contribution in [2.24, 2.45) is 5.41 Å². The van der Waals surface area contributed by atoms with Gasteiger partial charge in [0.15, 0.2) is 0 Å². The van der Waals surface area contributed by atoms with Crippen LogP contribution < -0.4 is 16.0 Å². The molecule has 1 unspecified atom stereocenters. The van der Waals surface area contributed by atoms with E-state index < -0.39 is 17.5 Å². The maximum absolute atomic E-state index is 13.4. The van der Waals surface area contributed by atoms with Gasteiger partial charge < -0.3 is 25.6 Å². The summed E-state index contributed by atoms with van der Waals surface area (Å²) < 4.78 is 5.42. The number of amides is 3. The van der Waals surface area contributed by atoms with E-state index >= 15 is 0 Å². The van der Waals surface area contributed by atoms with Gasteiger partial charge in [-0.05, 0) is 56.0 Å². The molecule has 214 valence electrons. The molecule has 0 aliphatic carbocycles. The van der Waals surface area contributed by atoms with Gasteiger partial charge in [0.1, 0.15) is 12.1 Å². The van der Waals surface area contributed by atoms with Gasteiger partial charge in [-0.3, -0.25) is 14.4 Å². The third-order valence-corrected chi connectivity index (χ3v) is 7.28. The first-order valence-corrected chi connectivity index (χ1v) is 14.0. The summed E-state index contributed by atoms with van der Waals surface area (Å²) in [6, 6.07) is 12.9. The van der Waals surface area contributed by atoms with E-state index in [1.54, 1.807) is 12.0 Å². The smallest absolute Gasteiger partial charge is 0.243 e. The summed E-state index contributed by atoms with van der Waals surface area (Å²) in [5.41, 5.74) is 0.143. The minimum absolute atomic E-state index is 0.0418. The van der Waals surface area contributed by atoms with Crippen molar-refractivity contribution in [1.82, 2.24) is 20.9 Å². The topological polar surface area (TPSA) is 99.8 Å². The van der Waals surface area contributed by atoms with E-state index in [0.29, 0.717) is 32.5 Å². The van der Waals surface area contributed by atoms with Crippen molar-refractivity contribution in [2.75, 3.05) is 33.3 Å². The highest BCUT2D eigenvalue weighted by atomic mass is 16.5. The zero-order valence-electron chi connectivity index (χ0n) is 24.4. The van der Waals surface area contributed by atoms with E-state index in [4.69, 9.17) is 4.74 Å². The average molecular weight is 539 g/mol. The van der Waals surface area contributed by atoms with E-state index in [1.165, 1.54) is 0 Å². The Kier molecular flexibility index (Phi) is 10.5. The van der Waals surface area contributed by atoms with Crippen LogP contribution >= 0.6 is 0 Å². The lowest BCUT2D eigenvalue weighted by Crippen LogP contribution is -2.55. The Labute approximate surface area is 233 Å². The fourth-order valence-electron chi connectivity index (χ4n) is 4.80. The molecule has 0 radical (unpaired) electrons. The molecular weight excluding hydrogens is 492 g/mol. The number of ether oxygens (including phenoxy) is 1. The number of fused-ring (bicyclic) bond motifs is 1. The second-order valence-corrected chi connectivity index (χ2v) is 12.1. The fourth-order valence-corrected chi connectivity index (χ4v) is 4.80. The summed E-state index contributed by atoms with van der Waals surface area (Å²) in [5.74, 6) is -0.533. The second-order valence-electron chi connectivity index (χ2n) is 12.1. The van der Waals surface area contributed by atoms with Gasteiger partial charge >= 0.3 is 0 Å². The monoisotopic (exact) mass is 538 g/mol. The average Bonchev–Trinajstić information content (AvgIpc) is 3.39. The molecular formula is C31H46N4O4. The summed E-state index contributed by atoms with van der Waals surface area (Å²) in [6.45, 7) is 12.1. The number of methoxy groups -OCH3 is 1. The number of carbonyl (C=O) groups excluding carboxylic acids is 3. The molecule has 0 aromatic heterocycles. The van der Waals surface area contributed by atoms with Crippen LogP contribution in [0, 0.1) is 5.41 Å². The van der Waals surface area contributed by atoms with Crippen molar-refractivity contribution in [3.8, 4) is 0 Å². The third-order valence-electron chi connectivity index (χ3n) is 7.28. The van der Waals surface area contributed by atoms with Gasteiger partial charge in [-0.25, -0.2) is 0 Å². The van der Waals surface area contributed by atoms with E-state index in [9.17, 15) is 14.4 Å². The number of nitrogens with zero attached hydrogens (tertiary/aromatic N) is 1. The molecule has 1 aliphatic rings. The van der Waals surface area contributed by atoms with E-state index in [-0.39, 0.29) is 23.3 Å². The second kappa shape index (κ2) is 13.4. The number of likely N-dealkylation sites (tertiary alicyclic amines) is 1. The summed E-state index contributed by atoms with van der Waals surface area (Å²) in [5, 5.41) is 11.6. The summed E-state index contributed by atoms with van der Waals surface area (Å²) in [4.78, 5) is 41.4. The van der Waals surface area contributed by atoms with Crippen LogP contribution in [0.1, 0.15) is 59.4 Å². The molecule has 8 heteroatoms. The molecule has 1 heterocycles. The minimum atomic E-state index is -0.744. The summed E-state index contributed by atoms with van der Waals surface area (Å²) in [6.07, 6.45) is 2.48. The Balaban J connectivity index is 1.67. The molecule has 2 atom stereocenters. The van der Waals surface area contributed by atoms with Crippen molar-refractivity contribution >= 4 is 28.5 Å². The number of nitrogens with one attached hydrogen (secondary N) is 3. The van der Waals surface area contributed by atoms with Crippen LogP contribution in [-0.4, -0.2) is 73.6 Å². The quantitative estimate of drug-likeness (QED) is 0.360. The Morgan fingerprint density at radius 2 is 1.74 bits per heavy atom. The van der Waals surface area contributed by atoms with Gasteiger partial charge in [-0.1, -0.05) is 63.2 Å². The van der Waals surface area contributed by atoms with Gasteiger partial charge in [0, 0.05) is 38.6 Å². The van der Waals surface area contributed by atoms with E-state index in [2.05, 4.69) is 22.0 Å². The van der Waals surface area contributed by atoms with Crippen molar-refractivity contribution in [3.05, 3.63) is 48.0 Å². The highest BCUT2D eigenvalue weighted by molar-refractivity contribution is 5.93. The van der Waals surface area contributed by atoms with Gasteiger partial charge in [-0.15, -0.1) is 0 Å². The highest BCUT2D eigenvalue weighted by Crippen LogP contribution is 2.26. The predicted molar refractivity (Wildman–Crippen MR) is 155 cm³/mol. The number of rotatable bonds is 12. The molecule has 2 aromatic rings. The van der Waals surface area contributed by atoms with Crippen molar-refractivity contribution in [2.45, 2.75) is 78.0 Å². The zero-order chi connectivity index (χ0) is 28.6. The fraction of sp³-hybridized carbons (Fsp3) is 0.581. The van der Waals surface area contributed by atoms with Crippen molar-refractivity contribution in [3.63, 3.8) is 0 Å². The predicted octanol–water partition coefficient (Wildman–Crippen LogP) is 3.43. The highest BCUT2D eigenvalue weighted by Gasteiger charge is 2.39. The maximum Gasteiger partial charge on any atom is 0.243 e. The van der Waals surface area contributed by atoms with Crippen LogP contribution in [0.3, 0.4) is 0 Å². The first-order valence-electron chi connectivity index (χ1n) is 14.0. The Morgan fingerprint density at radius 1 is 1.03 bits per heavy atom. The standard InChI is InChI=1S/C31H46N4O4/c1-30(2,3)29(38)35-18-9-13-26(35)28(37)34-25(20-22-14-15-23-11-7-8-12-24(23)19-22)27(36)33-17-10-16-32-21-31(4,5)39-6/h7-8,11-12,14-15,19,25-26,32H,9-10,13,16-18,20-21H2,1-6H3,(H,33,36)(H,34,37)/t25-,26?/m1/s1. The van der Waals surface area contributed by atoms with Gasteiger partial charge in [0.05, 0.1) is 5.60 Å². The molecule has 0 spiro atoms. The molecule has 39 heavy (non-hydrogen) atoms. The minimum Gasteiger partial charge on any atom is -0.377 e. The molecule has 0 saturated carbocycles. The molecule has 0 bridgehead atoms. The lowest BCUT2D eigenvalue weighted by molar-refractivity contribution is -0.145. The van der Waals surface area contributed by atoms with Gasteiger partial charge in [0.25, 0.3) is 0 Å². The third kappa shape index (κ3) is 8.77. The molecule has 1 aliphatic heterocycles. The van der Waals surface area contributed by atoms with Crippen LogP contribution in [0.15, 0.2) is 42.5 Å². The molecule has 3 N–H and O–H groups in total. The normalized spacial score (nSPS) is 16.8. The number of carbonyl (C=O) groups is 3. The zero-order valence-corrected chi connectivity index (χ0v) is 24.4. The van der Waals surface area contributed by atoms with Crippen LogP contribution in [0.25, 0.3) is 10.8 Å². The SMILES string of the molecule is COC(C)(C)CNCCCNC(=O)[C@@H](Cc1ccc2ccccc2c1)NC(=O)C1CCCN1C(=O)C(C)(C)C. The summed E-state index contributed by atoms with van der Waals surface area (Å²) >= 11 is 0. The number of benzene rings is 2. The first-order chi connectivity index (χ1) is 18.4. The van der Waals surface area contributed by atoms with Gasteiger partial charge in [0.2, 0.25) is 17.7 Å².